The molecule has 0 radical (unpaired) electrons. The lowest BCUT2D eigenvalue weighted by Crippen LogP contribution is -2.38. The number of para-hydroxylation sites is 1. The second kappa shape index (κ2) is 16.6. The van der Waals surface area contributed by atoms with Crippen LogP contribution in [0.25, 0.3) is 0 Å². The summed E-state index contributed by atoms with van der Waals surface area (Å²) in [6, 6.07) is 6.56. The van der Waals surface area contributed by atoms with Crippen molar-refractivity contribution in [2.75, 3.05) is 32.7 Å². The molecule has 5 nitrogen and oxygen atoms in total. The normalized spacial score (nSPS) is 10.4. The van der Waals surface area contributed by atoms with Gasteiger partial charge >= 0.3 is 0 Å². The molecule has 0 aliphatic rings. The minimum absolute atomic E-state index is 0.00606. The van der Waals surface area contributed by atoms with E-state index >= 15 is 0 Å². The Morgan fingerprint density at radius 2 is 1.67 bits per heavy atom. The third-order valence-electron chi connectivity index (χ3n) is 3.49. The highest BCUT2D eigenvalue weighted by molar-refractivity contribution is 5.96. The van der Waals surface area contributed by atoms with Gasteiger partial charge in [-0.15, -0.1) is 0 Å². The van der Waals surface area contributed by atoms with Gasteiger partial charge in [0, 0.05) is 26.2 Å². The van der Waals surface area contributed by atoms with Gasteiger partial charge in [0.15, 0.2) is 0 Å². The fraction of sp³-hybridized carbons (Fsp3) is 0.682. The maximum absolute atomic E-state index is 12.0. The topological polar surface area (TPSA) is 78.6 Å². The van der Waals surface area contributed by atoms with Crippen LogP contribution in [0.2, 0.25) is 0 Å². The Balaban J connectivity index is 0. The summed E-state index contributed by atoms with van der Waals surface area (Å²) in [5.41, 5.74) is 6.24. The number of rotatable bonds is 8. The number of aromatic hydroxyl groups is 1. The Hall–Kier alpha value is -1.59. The van der Waals surface area contributed by atoms with Crippen molar-refractivity contribution in [3.63, 3.8) is 0 Å². The molecule has 0 spiro atoms. The SMILES string of the molecule is CC.CC(C)(C)CCN(CCN)CCNC(=O)c1ccccc1O.CCC. The lowest BCUT2D eigenvalue weighted by Gasteiger charge is -2.26. The molecule has 0 heterocycles. The summed E-state index contributed by atoms with van der Waals surface area (Å²) >= 11 is 0. The van der Waals surface area contributed by atoms with Gasteiger partial charge in [0.05, 0.1) is 5.56 Å². The maximum Gasteiger partial charge on any atom is 0.255 e. The van der Waals surface area contributed by atoms with E-state index in [0.29, 0.717) is 18.7 Å². The van der Waals surface area contributed by atoms with Gasteiger partial charge in [-0.05, 0) is 30.5 Å². The predicted octanol–water partition coefficient (Wildman–Crippen LogP) is 4.26. The summed E-state index contributed by atoms with van der Waals surface area (Å²) in [5, 5.41) is 12.5. The van der Waals surface area contributed by atoms with E-state index in [1.807, 2.05) is 13.8 Å². The number of nitrogens with zero attached hydrogens (tertiary/aromatic N) is 1. The molecule has 0 unspecified atom stereocenters. The Bertz CT molecular complexity index is 485. The summed E-state index contributed by atoms with van der Waals surface area (Å²) in [7, 11) is 0. The van der Waals surface area contributed by atoms with E-state index in [9.17, 15) is 9.90 Å². The first-order valence-electron chi connectivity index (χ1n) is 10.2. The number of nitrogens with one attached hydrogen (secondary N) is 1. The maximum atomic E-state index is 12.0. The van der Waals surface area contributed by atoms with Crippen molar-refractivity contribution in [2.45, 2.75) is 61.3 Å². The molecule has 1 aromatic carbocycles. The van der Waals surface area contributed by atoms with Crippen molar-refractivity contribution in [3.05, 3.63) is 29.8 Å². The van der Waals surface area contributed by atoms with Crippen LogP contribution in [0, 0.1) is 5.41 Å². The van der Waals surface area contributed by atoms with Crippen LogP contribution in [-0.4, -0.2) is 48.6 Å². The molecule has 1 amide bonds. The second-order valence-corrected chi connectivity index (χ2v) is 7.42. The Kier molecular flexibility index (Phi) is 17.0. The molecule has 0 aliphatic heterocycles. The average molecular weight is 382 g/mol. The molecule has 4 N–H and O–H groups in total. The zero-order chi connectivity index (χ0) is 21.3. The van der Waals surface area contributed by atoms with Gasteiger partial charge in [-0.25, -0.2) is 0 Å². The number of phenolic OH excluding ortho intramolecular Hbond substituents is 1. The zero-order valence-electron chi connectivity index (χ0n) is 18.6. The quantitative estimate of drug-likeness (QED) is 0.628. The Morgan fingerprint density at radius 3 is 2.15 bits per heavy atom. The molecule has 1 rings (SSSR count). The molecule has 158 valence electrons. The first-order valence-corrected chi connectivity index (χ1v) is 10.2. The molecule has 0 saturated carbocycles. The summed E-state index contributed by atoms with van der Waals surface area (Å²) in [6.45, 7) is 18.6. The standard InChI is InChI=1S/C17H29N3O2.C3H8.C2H6/c1-17(2,3)8-11-20(12-9-18)13-10-19-16(22)14-6-4-5-7-15(14)21;1-3-2;1-2/h4-7,21H,8-13,18H2,1-3H3,(H,19,22);3H2,1-2H3;1-2H3. The number of carbonyl (C=O) groups is 1. The predicted molar refractivity (Wildman–Crippen MR) is 117 cm³/mol. The number of carbonyl (C=O) groups excluding carboxylic acids is 1. The lowest BCUT2D eigenvalue weighted by atomic mass is 9.92. The molecule has 0 aromatic heterocycles. The fourth-order valence-corrected chi connectivity index (χ4v) is 2.10. The minimum atomic E-state index is -0.249. The van der Waals surface area contributed by atoms with Crippen LogP contribution in [0.1, 0.15) is 71.7 Å². The van der Waals surface area contributed by atoms with Crippen LogP contribution in [0.4, 0.5) is 0 Å². The molecule has 0 saturated heterocycles. The summed E-state index contributed by atoms with van der Waals surface area (Å²) in [5.74, 6) is -0.242. The summed E-state index contributed by atoms with van der Waals surface area (Å²) < 4.78 is 0. The number of amides is 1. The number of hydrogen-bond donors (Lipinski definition) is 3. The Morgan fingerprint density at radius 1 is 1.11 bits per heavy atom. The van der Waals surface area contributed by atoms with E-state index < -0.39 is 0 Å². The molecule has 0 fully saturated rings. The smallest absolute Gasteiger partial charge is 0.255 e. The van der Waals surface area contributed by atoms with Crippen LogP contribution in [0.15, 0.2) is 24.3 Å². The van der Waals surface area contributed by atoms with Crippen molar-refractivity contribution in [1.82, 2.24) is 10.2 Å². The van der Waals surface area contributed by atoms with Crippen LogP contribution in [0.5, 0.6) is 5.75 Å². The van der Waals surface area contributed by atoms with Crippen molar-refractivity contribution in [1.29, 1.82) is 0 Å². The third kappa shape index (κ3) is 15.2. The molecule has 0 bridgehead atoms. The number of nitrogens with two attached hydrogens (primary N) is 1. The molecular weight excluding hydrogens is 338 g/mol. The third-order valence-corrected chi connectivity index (χ3v) is 3.49. The molecule has 1 aromatic rings. The molecule has 5 heteroatoms. The first kappa shape index (κ1) is 27.6. The minimum Gasteiger partial charge on any atom is -0.507 e. The van der Waals surface area contributed by atoms with E-state index in [1.54, 1.807) is 18.2 Å². The van der Waals surface area contributed by atoms with Gasteiger partial charge in [-0.3, -0.25) is 4.79 Å². The van der Waals surface area contributed by atoms with Gasteiger partial charge in [-0.1, -0.05) is 67.0 Å². The van der Waals surface area contributed by atoms with Crippen molar-refractivity contribution < 1.29 is 9.90 Å². The van der Waals surface area contributed by atoms with Crippen LogP contribution in [0.3, 0.4) is 0 Å². The fourth-order valence-electron chi connectivity index (χ4n) is 2.10. The Labute approximate surface area is 167 Å². The number of benzene rings is 1. The molecular formula is C22H43N3O2. The van der Waals surface area contributed by atoms with Gasteiger partial charge < -0.3 is 21.1 Å². The second-order valence-electron chi connectivity index (χ2n) is 7.42. The van der Waals surface area contributed by atoms with Crippen molar-refractivity contribution in [3.8, 4) is 5.75 Å². The van der Waals surface area contributed by atoms with Crippen LogP contribution < -0.4 is 11.1 Å². The lowest BCUT2D eigenvalue weighted by molar-refractivity contribution is 0.0944. The molecule has 0 atom stereocenters. The largest absolute Gasteiger partial charge is 0.507 e. The van der Waals surface area contributed by atoms with Crippen LogP contribution in [-0.2, 0) is 0 Å². The monoisotopic (exact) mass is 381 g/mol. The summed E-state index contributed by atoms with van der Waals surface area (Å²) in [6.07, 6.45) is 2.33. The molecule has 27 heavy (non-hydrogen) atoms. The highest BCUT2D eigenvalue weighted by atomic mass is 16.3. The average Bonchev–Trinajstić information content (AvgIpc) is 2.61. The van der Waals surface area contributed by atoms with E-state index in [0.717, 1.165) is 26.1 Å². The van der Waals surface area contributed by atoms with Gasteiger partial charge in [-0.2, -0.15) is 0 Å². The van der Waals surface area contributed by atoms with Crippen LogP contribution >= 0.6 is 0 Å². The van der Waals surface area contributed by atoms with E-state index in [4.69, 9.17) is 5.73 Å². The van der Waals surface area contributed by atoms with Crippen molar-refractivity contribution >= 4 is 5.91 Å². The number of hydrogen-bond acceptors (Lipinski definition) is 4. The highest BCUT2D eigenvalue weighted by Gasteiger charge is 2.14. The van der Waals surface area contributed by atoms with E-state index in [1.165, 1.54) is 12.5 Å². The number of phenols is 1. The zero-order valence-corrected chi connectivity index (χ0v) is 18.6. The van der Waals surface area contributed by atoms with Gasteiger partial charge in [0.1, 0.15) is 5.75 Å². The first-order chi connectivity index (χ1) is 12.7. The molecule has 0 aliphatic carbocycles. The summed E-state index contributed by atoms with van der Waals surface area (Å²) in [4.78, 5) is 14.3. The van der Waals surface area contributed by atoms with E-state index in [2.05, 4.69) is 44.8 Å². The van der Waals surface area contributed by atoms with Gasteiger partial charge in [0.25, 0.3) is 5.91 Å². The van der Waals surface area contributed by atoms with Gasteiger partial charge in [0.2, 0.25) is 0 Å². The van der Waals surface area contributed by atoms with Crippen molar-refractivity contribution in [2.24, 2.45) is 11.1 Å². The highest BCUT2D eigenvalue weighted by Crippen LogP contribution is 2.18. The van der Waals surface area contributed by atoms with E-state index in [-0.39, 0.29) is 17.1 Å².